The van der Waals surface area contributed by atoms with Crippen LogP contribution in [0.5, 0.6) is 0 Å². The van der Waals surface area contributed by atoms with E-state index in [0.717, 1.165) is 12.8 Å². The summed E-state index contributed by atoms with van der Waals surface area (Å²) in [6.45, 7) is 2.55. The van der Waals surface area contributed by atoms with Crippen LogP contribution in [0.15, 0.2) is 24.3 Å². The van der Waals surface area contributed by atoms with E-state index < -0.39 is 24.3 Å². The van der Waals surface area contributed by atoms with Crippen molar-refractivity contribution in [3.05, 3.63) is 35.4 Å². The van der Waals surface area contributed by atoms with Gasteiger partial charge >= 0.3 is 18.4 Å². The van der Waals surface area contributed by atoms with Crippen LogP contribution in [0.3, 0.4) is 0 Å². The van der Waals surface area contributed by atoms with Gasteiger partial charge in [0.2, 0.25) is 0 Å². The van der Waals surface area contributed by atoms with Gasteiger partial charge in [-0.1, -0.05) is 25.5 Å². The molecule has 0 aliphatic heterocycles. The predicted molar refractivity (Wildman–Crippen MR) is 81.4 cm³/mol. The lowest BCUT2D eigenvalue weighted by atomic mass is 10.1. The van der Waals surface area contributed by atoms with Crippen LogP contribution in [0.2, 0.25) is 0 Å². The van der Waals surface area contributed by atoms with E-state index in [2.05, 4.69) is 0 Å². The fourth-order valence-electron chi connectivity index (χ4n) is 1.82. The first kappa shape index (κ1) is 19.3. The van der Waals surface area contributed by atoms with E-state index in [0.29, 0.717) is 12.1 Å². The number of hydrazine groups is 1. The van der Waals surface area contributed by atoms with E-state index in [9.17, 15) is 23.2 Å². The van der Waals surface area contributed by atoms with Gasteiger partial charge in [0, 0.05) is 18.7 Å². The van der Waals surface area contributed by atoms with Crippen LogP contribution in [-0.4, -0.2) is 40.9 Å². The van der Waals surface area contributed by atoms with Crippen molar-refractivity contribution in [1.29, 1.82) is 0 Å². The number of benzene rings is 1. The number of hydrogen-bond acceptors (Lipinski definition) is 3. The molecule has 0 unspecified atom stereocenters. The summed E-state index contributed by atoms with van der Waals surface area (Å²) in [7, 11) is 0. The molecular weight excluding hydrogens is 324 g/mol. The minimum absolute atomic E-state index is 0.142. The predicted octanol–water partition coefficient (Wildman–Crippen LogP) is 1.99. The van der Waals surface area contributed by atoms with Crippen LogP contribution in [0.4, 0.5) is 13.6 Å². The van der Waals surface area contributed by atoms with Gasteiger partial charge in [-0.05, 0) is 24.1 Å². The molecular formula is C15H19F2N3O4. The van der Waals surface area contributed by atoms with Crippen molar-refractivity contribution in [3.8, 4) is 0 Å². The van der Waals surface area contributed by atoms with E-state index in [1.165, 1.54) is 17.0 Å². The topological polar surface area (TPSA) is 98.7 Å². The maximum atomic E-state index is 12.0. The van der Waals surface area contributed by atoms with Gasteiger partial charge in [-0.3, -0.25) is 20.4 Å². The molecule has 0 atom stereocenters. The molecule has 0 fully saturated rings. The molecule has 1 aromatic rings. The number of carbonyl (C=O) groups is 3. The number of carboxylic acid groups (broad SMARTS) is 1. The Bertz CT molecular complexity index is 579. The van der Waals surface area contributed by atoms with Gasteiger partial charge in [0.25, 0.3) is 5.91 Å². The number of halogens is 2. The van der Waals surface area contributed by atoms with E-state index >= 15 is 0 Å². The summed E-state index contributed by atoms with van der Waals surface area (Å²) >= 11 is 0. The zero-order valence-electron chi connectivity index (χ0n) is 13.1. The third-order valence-electron chi connectivity index (χ3n) is 3.14. The van der Waals surface area contributed by atoms with E-state index in [4.69, 9.17) is 5.11 Å². The van der Waals surface area contributed by atoms with Crippen molar-refractivity contribution < 1.29 is 28.3 Å². The second-order valence-corrected chi connectivity index (χ2v) is 5.00. The summed E-state index contributed by atoms with van der Waals surface area (Å²) in [5.74, 6) is -2.36. The lowest BCUT2D eigenvalue weighted by molar-refractivity contribution is -0.132. The van der Waals surface area contributed by atoms with Gasteiger partial charge in [-0.15, -0.1) is 0 Å². The first-order valence-corrected chi connectivity index (χ1v) is 7.30. The number of rotatable bonds is 7. The third-order valence-corrected chi connectivity index (χ3v) is 3.14. The number of nitrogens with one attached hydrogen (secondary N) is 2. The third kappa shape index (κ3) is 6.19. The monoisotopic (exact) mass is 343 g/mol. The molecule has 132 valence electrons. The lowest BCUT2D eigenvalue weighted by Crippen LogP contribution is -2.44. The molecule has 0 aromatic heterocycles. The highest BCUT2D eigenvalue weighted by molar-refractivity contribution is 5.95. The van der Waals surface area contributed by atoms with Crippen molar-refractivity contribution in [1.82, 2.24) is 15.8 Å². The lowest BCUT2D eigenvalue weighted by Gasteiger charge is -2.19. The van der Waals surface area contributed by atoms with Crippen LogP contribution in [0.25, 0.3) is 0 Å². The van der Waals surface area contributed by atoms with E-state index in [1.54, 1.807) is 17.6 Å². The van der Waals surface area contributed by atoms with Gasteiger partial charge in [-0.2, -0.15) is 8.78 Å². The highest BCUT2D eigenvalue weighted by Gasteiger charge is 2.16. The number of alkyl halides is 2. The molecule has 0 saturated heterocycles. The Morgan fingerprint density at radius 3 is 2.29 bits per heavy atom. The van der Waals surface area contributed by atoms with Gasteiger partial charge in [0.05, 0.1) is 0 Å². The average molecular weight is 343 g/mol. The van der Waals surface area contributed by atoms with Gasteiger partial charge in [-0.25, -0.2) is 4.79 Å². The van der Waals surface area contributed by atoms with Crippen LogP contribution in [0.1, 0.15) is 35.7 Å². The smallest absolute Gasteiger partial charge is 0.407 e. The largest absolute Gasteiger partial charge is 0.465 e. The number of unbranched alkanes of at least 4 members (excludes halogenated alkanes) is 1. The minimum atomic E-state index is -3.22. The van der Waals surface area contributed by atoms with Crippen LogP contribution >= 0.6 is 0 Å². The van der Waals surface area contributed by atoms with Crippen molar-refractivity contribution in [2.45, 2.75) is 32.7 Å². The summed E-state index contributed by atoms with van der Waals surface area (Å²) in [6.07, 6.45) is -2.64. The van der Waals surface area contributed by atoms with E-state index in [1.807, 2.05) is 12.3 Å². The first-order valence-electron chi connectivity index (χ1n) is 7.30. The second-order valence-electron chi connectivity index (χ2n) is 5.00. The van der Waals surface area contributed by atoms with E-state index in [-0.39, 0.29) is 12.1 Å². The molecule has 0 spiro atoms. The van der Waals surface area contributed by atoms with Crippen LogP contribution in [-0.2, 0) is 11.3 Å². The molecule has 0 bridgehead atoms. The molecule has 1 aromatic carbocycles. The Morgan fingerprint density at radius 2 is 1.79 bits per heavy atom. The highest BCUT2D eigenvalue weighted by Crippen LogP contribution is 2.09. The molecule has 9 heteroatoms. The Balaban J connectivity index is 2.62. The zero-order valence-corrected chi connectivity index (χ0v) is 13.1. The Kier molecular flexibility index (Phi) is 7.60. The van der Waals surface area contributed by atoms with Gasteiger partial charge in [0.15, 0.2) is 0 Å². The fraction of sp³-hybridized carbons (Fsp3) is 0.400. The van der Waals surface area contributed by atoms with Crippen molar-refractivity contribution in [3.63, 3.8) is 0 Å². The molecule has 3 N–H and O–H groups in total. The van der Waals surface area contributed by atoms with Crippen LogP contribution < -0.4 is 10.9 Å². The normalized spacial score (nSPS) is 10.3. The standard InChI is InChI=1S/C15H19F2N3O4/c1-2-3-8-20(15(23)24)9-10-4-6-11(7-5-10)13(21)18-19-14(22)12(16)17/h4-7,12H,2-3,8-9H2,1H3,(H,18,21)(H,19,22)(H,23,24). The molecule has 0 saturated carbocycles. The fourth-order valence-corrected chi connectivity index (χ4v) is 1.82. The average Bonchev–Trinajstić information content (AvgIpc) is 2.56. The summed E-state index contributed by atoms with van der Waals surface area (Å²) < 4.78 is 24.0. The molecule has 3 amide bonds. The Labute approximate surface area is 137 Å². The molecule has 7 nitrogen and oxygen atoms in total. The maximum absolute atomic E-state index is 12.0. The number of carbonyl (C=O) groups excluding carboxylic acids is 2. The second kappa shape index (κ2) is 9.43. The number of nitrogens with zero attached hydrogens (tertiary/aromatic N) is 1. The molecule has 0 radical (unpaired) electrons. The molecule has 0 heterocycles. The van der Waals surface area contributed by atoms with Crippen LogP contribution in [0, 0.1) is 0 Å². The molecule has 0 aliphatic carbocycles. The quantitative estimate of drug-likeness (QED) is 0.659. The van der Waals surface area contributed by atoms with Crippen molar-refractivity contribution in [2.75, 3.05) is 6.54 Å². The van der Waals surface area contributed by atoms with Gasteiger partial charge in [0.1, 0.15) is 0 Å². The number of hydrogen-bond donors (Lipinski definition) is 3. The Morgan fingerprint density at radius 1 is 1.17 bits per heavy atom. The number of amides is 3. The van der Waals surface area contributed by atoms with Crippen molar-refractivity contribution >= 4 is 17.9 Å². The zero-order chi connectivity index (χ0) is 18.1. The minimum Gasteiger partial charge on any atom is -0.465 e. The summed E-state index contributed by atoms with van der Waals surface area (Å²) in [5.41, 5.74) is 4.28. The summed E-state index contributed by atoms with van der Waals surface area (Å²) in [5, 5.41) is 9.13. The van der Waals surface area contributed by atoms with Gasteiger partial charge < -0.3 is 10.0 Å². The summed E-state index contributed by atoms with van der Waals surface area (Å²) in [6, 6.07) is 5.95. The SMILES string of the molecule is CCCCN(Cc1ccc(C(=O)NNC(=O)C(F)F)cc1)C(=O)O. The molecule has 1 rings (SSSR count). The Hall–Kier alpha value is -2.71. The maximum Gasteiger partial charge on any atom is 0.407 e. The molecule has 24 heavy (non-hydrogen) atoms. The molecule has 0 aliphatic rings. The summed E-state index contributed by atoms with van der Waals surface area (Å²) in [4.78, 5) is 34.8. The van der Waals surface area contributed by atoms with Crippen molar-refractivity contribution in [2.24, 2.45) is 0 Å². The first-order chi connectivity index (χ1) is 11.3. The highest BCUT2D eigenvalue weighted by atomic mass is 19.3.